The molecular weight excluding hydrogens is 438 g/mol. The van der Waals surface area contributed by atoms with E-state index in [-0.39, 0.29) is 11.3 Å². The van der Waals surface area contributed by atoms with Crippen molar-refractivity contribution in [1.29, 1.82) is 0 Å². The predicted molar refractivity (Wildman–Crippen MR) is 128 cm³/mol. The summed E-state index contributed by atoms with van der Waals surface area (Å²) in [4.78, 5) is 26.3. The minimum atomic E-state index is -0.451. The second kappa shape index (κ2) is 10.2. The number of nitro groups is 1. The molecule has 0 spiro atoms. The van der Waals surface area contributed by atoms with Crippen molar-refractivity contribution < 1.29 is 19.2 Å². The van der Waals surface area contributed by atoms with Gasteiger partial charge in [0.05, 0.1) is 31.9 Å². The molecule has 178 valence electrons. The summed E-state index contributed by atoms with van der Waals surface area (Å²) < 4.78 is 12.4. The molecule has 1 saturated heterocycles. The summed E-state index contributed by atoms with van der Waals surface area (Å²) in [5.74, 6) is 1.19. The number of hydrogen-bond acceptors (Lipinski definition) is 7. The van der Waals surface area contributed by atoms with Gasteiger partial charge < -0.3 is 19.7 Å². The van der Waals surface area contributed by atoms with Gasteiger partial charge in [-0.1, -0.05) is 12.1 Å². The van der Waals surface area contributed by atoms with Crippen molar-refractivity contribution in [2.75, 3.05) is 37.5 Å². The zero-order chi connectivity index (χ0) is 24.1. The highest BCUT2D eigenvalue weighted by molar-refractivity contribution is 6.04. The number of carbonyl (C=O) groups excluding carboxylic acids is 1. The van der Waals surface area contributed by atoms with E-state index in [0.29, 0.717) is 29.5 Å². The molecule has 2 aromatic carbocycles. The lowest BCUT2D eigenvalue weighted by atomic mass is 10.1. The maximum absolute atomic E-state index is 13.0. The van der Waals surface area contributed by atoms with Gasteiger partial charge in [-0.2, -0.15) is 5.10 Å². The van der Waals surface area contributed by atoms with Crippen LogP contribution in [0.5, 0.6) is 11.5 Å². The van der Waals surface area contributed by atoms with Crippen LogP contribution in [0.25, 0.3) is 0 Å². The molecule has 34 heavy (non-hydrogen) atoms. The number of hydrogen-bond donors (Lipinski definition) is 1. The number of nitro benzene ring substituents is 1. The standard InChI is InChI=1S/C24H27N5O5/c1-33-21-8-6-7-18(23(21)34-2)16-28-22(11-12-25-28)26-24(30)17-9-10-19(20(15-17)29(31)32)27-13-4-3-5-14-27/h6-12,15H,3-5,13-14,16H2,1-2H3,(H,26,30). The molecule has 10 heteroatoms. The van der Waals surface area contributed by atoms with E-state index in [0.717, 1.165) is 37.9 Å². The van der Waals surface area contributed by atoms with Crippen LogP contribution in [0.2, 0.25) is 0 Å². The highest BCUT2D eigenvalue weighted by Gasteiger charge is 2.23. The van der Waals surface area contributed by atoms with Gasteiger partial charge in [0.2, 0.25) is 0 Å². The first-order chi connectivity index (χ1) is 16.5. The Balaban J connectivity index is 1.55. The SMILES string of the molecule is COc1cccc(Cn2nccc2NC(=O)c2ccc(N3CCCCC3)c([N+](=O)[O-])c2)c1OC. The lowest BCUT2D eigenvalue weighted by Gasteiger charge is -2.28. The normalized spacial score (nSPS) is 13.4. The molecule has 1 N–H and O–H groups in total. The molecule has 0 aliphatic carbocycles. The van der Waals surface area contributed by atoms with Gasteiger partial charge >= 0.3 is 0 Å². The van der Waals surface area contributed by atoms with Crippen molar-refractivity contribution in [3.63, 3.8) is 0 Å². The number of piperidine rings is 1. The zero-order valence-electron chi connectivity index (χ0n) is 19.2. The van der Waals surface area contributed by atoms with Crippen LogP contribution in [0.15, 0.2) is 48.7 Å². The van der Waals surface area contributed by atoms with Crippen molar-refractivity contribution in [3.05, 3.63) is 69.9 Å². The van der Waals surface area contributed by atoms with E-state index in [1.165, 1.54) is 6.07 Å². The minimum absolute atomic E-state index is 0.0656. The van der Waals surface area contributed by atoms with Crippen LogP contribution < -0.4 is 19.7 Å². The maximum atomic E-state index is 13.0. The second-order valence-corrected chi connectivity index (χ2v) is 7.99. The summed E-state index contributed by atoms with van der Waals surface area (Å²) in [5, 5.41) is 18.8. The Hall–Kier alpha value is -4.08. The topological polar surface area (TPSA) is 112 Å². The molecular formula is C24H27N5O5. The number of nitrogens with one attached hydrogen (secondary N) is 1. The van der Waals surface area contributed by atoms with Crippen molar-refractivity contribution >= 4 is 23.1 Å². The molecule has 1 fully saturated rings. The Labute approximate surface area is 197 Å². The number of ether oxygens (including phenoxy) is 2. The fraction of sp³-hybridized carbons (Fsp3) is 0.333. The quantitative estimate of drug-likeness (QED) is 0.394. The van der Waals surface area contributed by atoms with Gasteiger partial charge in [0.15, 0.2) is 11.5 Å². The number of nitrogens with zero attached hydrogens (tertiary/aromatic N) is 4. The van der Waals surface area contributed by atoms with Gasteiger partial charge in [0.1, 0.15) is 11.5 Å². The Morgan fingerprint density at radius 2 is 1.91 bits per heavy atom. The van der Waals surface area contributed by atoms with Crippen LogP contribution in [0, 0.1) is 10.1 Å². The van der Waals surface area contributed by atoms with Gasteiger partial charge in [-0.3, -0.25) is 14.9 Å². The smallest absolute Gasteiger partial charge is 0.293 e. The lowest BCUT2D eigenvalue weighted by molar-refractivity contribution is -0.384. The molecule has 0 unspecified atom stereocenters. The first-order valence-electron chi connectivity index (χ1n) is 11.1. The fourth-order valence-corrected chi connectivity index (χ4v) is 4.21. The number of benzene rings is 2. The number of rotatable bonds is 8. The van der Waals surface area contributed by atoms with E-state index in [2.05, 4.69) is 10.4 Å². The van der Waals surface area contributed by atoms with Crippen LogP contribution >= 0.6 is 0 Å². The van der Waals surface area contributed by atoms with Gasteiger partial charge in [-0.15, -0.1) is 0 Å². The maximum Gasteiger partial charge on any atom is 0.293 e. The average molecular weight is 466 g/mol. The van der Waals surface area contributed by atoms with E-state index < -0.39 is 10.8 Å². The van der Waals surface area contributed by atoms with E-state index in [9.17, 15) is 14.9 Å². The summed E-state index contributed by atoms with van der Waals surface area (Å²) in [7, 11) is 3.13. The Kier molecular flexibility index (Phi) is 6.95. The van der Waals surface area contributed by atoms with Crippen molar-refractivity contribution in [1.82, 2.24) is 9.78 Å². The van der Waals surface area contributed by atoms with Gasteiger partial charge in [-0.05, 0) is 37.5 Å². The monoisotopic (exact) mass is 465 g/mol. The van der Waals surface area contributed by atoms with Crippen LogP contribution in [-0.4, -0.2) is 47.9 Å². The molecule has 1 amide bonds. The second-order valence-electron chi connectivity index (χ2n) is 7.99. The van der Waals surface area contributed by atoms with E-state index in [1.807, 2.05) is 17.0 Å². The van der Waals surface area contributed by atoms with E-state index >= 15 is 0 Å². The molecule has 0 bridgehead atoms. The van der Waals surface area contributed by atoms with Crippen LogP contribution in [0.1, 0.15) is 35.2 Å². The molecule has 3 aromatic rings. The van der Waals surface area contributed by atoms with E-state index in [4.69, 9.17) is 9.47 Å². The van der Waals surface area contributed by atoms with Gasteiger partial charge in [0.25, 0.3) is 11.6 Å². The molecule has 0 saturated carbocycles. The summed E-state index contributed by atoms with van der Waals surface area (Å²) in [5.41, 5.74) is 1.52. The third-order valence-corrected chi connectivity index (χ3v) is 5.89. The highest BCUT2D eigenvalue weighted by Crippen LogP contribution is 2.33. The third-order valence-electron chi connectivity index (χ3n) is 5.89. The average Bonchev–Trinajstić information content (AvgIpc) is 3.30. The summed E-state index contributed by atoms with van der Waals surface area (Å²) >= 11 is 0. The fourth-order valence-electron chi connectivity index (χ4n) is 4.21. The summed E-state index contributed by atoms with van der Waals surface area (Å²) in [6.45, 7) is 1.88. The summed E-state index contributed by atoms with van der Waals surface area (Å²) in [6, 6.07) is 11.8. The van der Waals surface area contributed by atoms with Crippen molar-refractivity contribution in [2.24, 2.45) is 0 Å². The zero-order valence-corrected chi connectivity index (χ0v) is 19.2. The number of anilines is 2. The summed E-state index contributed by atoms with van der Waals surface area (Å²) in [6.07, 6.45) is 4.70. The Morgan fingerprint density at radius 1 is 1.12 bits per heavy atom. The third kappa shape index (κ3) is 4.80. The molecule has 1 aliphatic rings. The molecule has 10 nitrogen and oxygen atoms in total. The van der Waals surface area contributed by atoms with Crippen LogP contribution in [-0.2, 0) is 6.54 Å². The molecule has 2 heterocycles. The number of methoxy groups -OCH3 is 2. The van der Waals surface area contributed by atoms with E-state index in [1.54, 1.807) is 49.4 Å². The molecule has 1 aromatic heterocycles. The van der Waals surface area contributed by atoms with Gasteiger partial charge in [0, 0.05) is 36.3 Å². The van der Waals surface area contributed by atoms with Crippen molar-refractivity contribution in [2.45, 2.75) is 25.8 Å². The Bertz CT molecular complexity index is 1190. The molecule has 0 atom stereocenters. The Morgan fingerprint density at radius 3 is 2.62 bits per heavy atom. The van der Waals surface area contributed by atoms with Crippen molar-refractivity contribution in [3.8, 4) is 11.5 Å². The first-order valence-corrected chi connectivity index (χ1v) is 11.1. The number of carbonyl (C=O) groups is 1. The molecule has 0 radical (unpaired) electrons. The number of aromatic nitrogens is 2. The minimum Gasteiger partial charge on any atom is -0.493 e. The first kappa shape index (κ1) is 23.1. The lowest BCUT2D eigenvalue weighted by Crippen LogP contribution is -2.30. The predicted octanol–water partition coefficient (Wildman–Crippen LogP) is 4.10. The largest absolute Gasteiger partial charge is 0.493 e. The molecule has 4 rings (SSSR count). The number of para-hydroxylation sites is 1. The van der Waals surface area contributed by atoms with Gasteiger partial charge in [-0.25, -0.2) is 4.68 Å². The highest BCUT2D eigenvalue weighted by atomic mass is 16.6. The van der Waals surface area contributed by atoms with Crippen LogP contribution in [0.4, 0.5) is 17.2 Å². The number of amides is 1. The molecule has 1 aliphatic heterocycles. The van der Waals surface area contributed by atoms with Crippen LogP contribution in [0.3, 0.4) is 0 Å².